The van der Waals surface area contributed by atoms with Gasteiger partial charge in [0, 0.05) is 11.8 Å². The molecule has 0 saturated heterocycles. The number of esters is 1. The summed E-state index contributed by atoms with van der Waals surface area (Å²) in [6.45, 7) is 8.72. The summed E-state index contributed by atoms with van der Waals surface area (Å²) >= 11 is 3.02. The van der Waals surface area contributed by atoms with Crippen molar-refractivity contribution in [3.8, 4) is 5.75 Å². The van der Waals surface area contributed by atoms with Crippen molar-refractivity contribution in [3.63, 3.8) is 0 Å². The van der Waals surface area contributed by atoms with Crippen LogP contribution in [0, 0.1) is 0 Å². The third-order valence-corrected chi connectivity index (χ3v) is 7.08. The van der Waals surface area contributed by atoms with E-state index in [4.69, 9.17) is 9.15 Å². The van der Waals surface area contributed by atoms with Gasteiger partial charge in [0.05, 0.1) is 42.0 Å². The van der Waals surface area contributed by atoms with E-state index in [0.717, 1.165) is 15.5 Å². The molecule has 10 heteroatoms. The lowest BCUT2D eigenvalue weighted by molar-refractivity contribution is -0.140. The average molecular weight is 518 g/mol. The first kappa shape index (κ1) is 26.7. The molecule has 0 saturated carbocycles. The van der Waals surface area contributed by atoms with Crippen LogP contribution >= 0.6 is 23.1 Å². The minimum absolute atomic E-state index is 0.0244. The quantitative estimate of drug-likeness (QED) is 0.193. The first-order valence-corrected chi connectivity index (χ1v) is 13.0. The zero-order chi connectivity index (χ0) is 25.4. The maximum absolute atomic E-state index is 12.5. The van der Waals surface area contributed by atoms with Crippen molar-refractivity contribution in [2.24, 2.45) is 0 Å². The third kappa shape index (κ3) is 8.40. The summed E-state index contributed by atoms with van der Waals surface area (Å²) < 4.78 is 17.1. The van der Waals surface area contributed by atoms with Crippen LogP contribution in [-0.4, -0.2) is 35.6 Å². The summed E-state index contributed by atoms with van der Waals surface area (Å²) in [7, 11) is 1.37. The SMILES string of the molecule is COC(=O)CCCOc1ccc(CC(=O)Nc2ncc(SC(C)c3ncc(C(C)(C)C)o3)s2)cc1. The van der Waals surface area contributed by atoms with Gasteiger partial charge in [-0.25, -0.2) is 9.97 Å². The van der Waals surface area contributed by atoms with Gasteiger partial charge in [0.25, 0.3) is 0 Å². The molecule has 3 rings (SSSR count). The molecule has 35 heavy (non-hydrogen) atoms. The van der Waals surface area contributed by atoms with E-state index in [9.17, 15) is 9.59 Å². The normalized spacial score (nSPS) is 12.3. The van der Waals surface area contributed by atoms with Crippen LogP contribution < -0.4 is 10.1 Å². The number of anilines is 1. The topological polar surface area (TPSA) is 104 Å². The summed E-state index contributed by atoms with van der Waals surface area (Å²) in [6, 6.07) is 7.33. The molecule has 1 aromatic carbocycles. The van der Waals surface area contributed by atoms with Crippen LogP contribution in [0.5, 0.6) is 5.75 Å². The lowest BCUT2D eigenvalue weighted by Gasteiger charge is -2.13. The number of carbonyl (C=O) groups is 2. The number of carbonyl (C=O) groups excluding carboxylic acids is 2. The smallest absolute Gasteiger partial charge is 0.305 e. The zero-order valence-electron chi connectivity index (χ0n) is 20.6. The number of hydrogen-bond acceptors (Lipinski definition) is 9. The first-order valence-electron chi connectivity index (χ1n) is 11.3. The maximum Gasteiger partial charge on any atom is 0.305 e. The van der Waals surface area contributed by atoms with Gasteiger partial charge in [-0.3, -0.25) is 9.59 Å². The van der Waals surface area contributed by atoms with E-state index in [1.165, 1.54) is 18.4 Å². The Morgan fingerprint density at radius 3 is 2.57 bits per heavy atom. The number of aromatic nitrogens is 2. The van der Waals surface area contributed by atoms with Crippen LogP contribution in [0.1, 0.15) is 63.0 Å². The Hall–Kier alpha value is -2.85. The number of amides is 1. The predicted octanol–water partition coefficient (Wildman–Crippen LogP) is 5.80. The fourth-order valence-electron chi connectivity index (χ4n) is 2.98. The summed E-state index contributed by atoms with van der Waals surface area (Å²) in [5, 5.41) is 3.44. The van der Waals surface area contributed by atoms with Crippen LogP contribution in [0.25, 0.3) is 0 Å². The van der Waals surface area contributed by atoms with Crippen LogP contribution in [-0.2, 0) is 26.2 Å². The van der Waals surface area contributed by atoms with E-state index in [-0.39, 0.29) is 29.0 Å². The number of hydrogen-bond donors (Lipinski definition) is 1. The minimum atomic E-state index is -0.250. The molecule has 0 spiro atoms. The fourth-order valence-corrected chi connectivity index (χ4v) is 5.08. The van der Waals surface area contributed by atoms with Gasteiger partial charge in [0.2, 0.25) is 11.8 Å². The molecule has 2 aromatic heterocycles. The monoisotopic (exact) mass is 517 g/mol. The van der Waals surface area contributed by atoms with E-state index in [1.807, 2.05) is 31.2 Å². The number of ether oxygens (including phenoxy) is 2. The highest BCUT2D eigenvalue weighted by atomic mass is 32.2. The second-order valence-electron chi connectivity index (χ2n) is 8.95. The second kappa shape index (κ2) is 12.2. The molecule has 1 unspecified atom stereocenters. The second-order valence-corrected chi connectivity index (χ2v) is 11.6. The van der Waals surface area contributed by atoms with Gasteiger partial charge in [-0.1, -0.05) is 44.2 Å². The van der Waals surface area contributed by atoms with Gasteiger partial charge in [-0.2, -0.15) is 0 Å². The highest BCUT2D eigenvalue weighted by molar-refractivity contribution is 8.01. The predicted molar refractivity (Wildman–Crippen MR) is 137 cm³/mol. The molecular formula is C25H31N3O5S2. The third-order valence-electron chi connectivity index (χ3n) is 4.94. The van der Waals surface area contributed by atoms with Crippen molar-refractivity contribution in [1.29, 1.82) is 0 Å². The molecule has 1 amide bonds. The number of nitrogens with one attached hydrogen (secondary N) is 1. The Morgan fingerprint density at radius 1 is 1.17 bits per heavy atom. The van der Waals surface area contributed by atoms with Crippen LogP contribution in [0.15, 0.2) is 45.3 Å². The maximum atomic E-state index is 12.5. The van der Waals surface area contributed by atoms with E-state index < -0.39 is 0 Å². The van der Waals surface area contributed by atoms with E-state index in [1.54, 1.807) is 24.2 Å². The standard InChI is InChI=1S/C25H31N3O5S2/c1-16(23-26-14-19(33-23)25(2,3)4)34-22-15-27-24(35-22)28-20(29)13-17-8-10-18(11-9-17)32-12-6-7-21(30)31-5/h8-11,14-16H,6-7,12-13H2,1-5H3,(H,27,28,29). The molecule has 8 nitrogen and oxygen atoms in total. The fraction of sp³-hybridized carbons (Fsp3) is 0.440. The number of nitrogens with zero attached hydrogens (tertiary/aromatic N) is 2. The minimum Gasteiger partial charge on any atom is -0.494 e. The highest BCUT2D eigenvalue weighted by Crippen LogP contribution is 2.39. The number of methoxy groups -OCH3 is 1. The Labute approximate surface area is 213 Å². The van der Waals surface area contributed by atoms with E-state index in [2.05, 4.69) is 40.8 Å². The molecule has 0 radical (unpaired) electrons. The summed E-state index contributed by atoms with van der Waals surface area (Å²) in [5.41, 5.74) is 0.777. The number of benzene rings is 1. The Balaban J connectivity index is 1.45. The van der Waals surface area contributed by atoms with Crippen LogP contribution in [0.3, 0.4) is 0 Å². The molecule has 0 aliphatic carbocycles. The van der Waals surface area contributed by atoms with Crippen LogP contribution in [0.4, 0.5) is 5.13 Å². The molecule has 0 bridgehead atoms. The van der Waals surface area contributed by atoms with E-state index in [0.29, 0.717) is 36.2 Å². The number of rotatable bonds is 11. The summed E-state index contributed by atoms with van der Waals surface area (Å²) in [5.74, 6) is 1.83. The first-order chi connectivity index (χ1) is 16.6. The highest BCUT2D eigenvalue weighted by Gasteiger charge is 2.22. The zero-order valence-corrected chi connectivity index (χ0v) is 22.3. The lowest BCUT2D eigenvalue weighted by atomic mass is 9.94. The van der Waals surface area contributed by atoms with Crippen molar-refractivity contribution in [2.45, 2.75) is 61.8 Å². The number of thiazole rings is 1. The summed E-state index contributed by atoms with van der Waals surface area (Å²) in [6.07, 6.45) is 4.67. The lowest BCUT2D eigenvalue weighted by Crippen LogP contribution is -2.14. The molecule has 0 aliphatic heterocycles. The molecule has 0 fully saturated rings. The van der Waals surface area contributed by atoms with Crippen molar-refractivity contribution in [2.75, 3.05) is 19.0 Å². The van der Waals surface area contributed by atoms with Gasteiger partial charge < -0.3 is 19.2 Å². The largest absolute Gasteiger partial charge is 0.494 e. The molecule has 1 N–H and O–H groups in total. The van der Waals surface area contributed by atoms with E-state index >= 15 is 0 Å². The molecular weight excluding hydrogens is 486 g/mol. The summed E-state index contributed by atoms with van der Waals surface area (Å²) in [4.78, 5) is 32.3. The van der Waals surface area contributed by atoms with Gasteiger partial charge in [0.1, 0.15) is 11.5 Å². The van der Waals surface area contributed by atoms with Crippen molar-refractivity contribution >= 4 is 40.1 Å². The Morgan fingerprint density at radius 2 is 1.91 bits per heavy atom. The van der Waals surface area contributed by atoms with Crippen molar-refractivity contribution < 1.29 is 23.5 Å². The molecule has 0 aliphatic rings. The average Bonchev–Trinajstić information content (AvgIpc) is 3.47. The number of thioether (sulfide) groups is 1. The molecule has 1 atom stereocenters. The molecule has 2 heterocycles. The van der Waals surface area contributed by atoms with Crippen LogP contribution in [0.2, 0.25) is 0 Å². The van der Waals surface area contributed by atoms with Gasteiger partial charge in [-0.15, -0.1) is 11.8 Å². The van der Waals surface area contributed by atoms with Gasteiger partial charge in [0.15, 0.2) is 5.13 Å². The Bertz CT molecular complexity index is 1120. The Kier molecular flexibility index (Phi) is 9.33. The van der Waals surface area contributed by atoms with Crippen molar-refractivity contribution in [1.82, 2.24) is 9.97 Å². The molecule has 3 aromatic rings. The van der Waals surface area contributed by atoms with Gasteiger partial charge >= 0.3 is 5.97 Å². The van der Waals surface area contributed by atoms with Gasteiger partial charge in [-0.05, 0) is 31.0 Å². The number of oxazole rings is 1. The van der Waals surface area contributed by atoms with Crippen molar-refractivity contribution in [3.05, 3.63) is 53.9 Å². The molecule has 188 valence electrons.